The molecule has 0 aliphatic heterocycles. The Balaban J connectivity index is 1.89. The molecule has 2 aromatic rings. The first-order chi connectivity index (χ1) is 12.3. The lowest BCUT2D eigenvalue weighted by Gasteiger charge is -2.15. The Hall–Kier alpha value is -2.85. The van der Waals surface area contributed by atoms with Crippen LogP contribution in [0.3, 0.4) is 0 Å². The van der Waals surface area contributed by atoms with Crippen molar-refractivity contribution in [3.8, 4) is 11.8 Å². The Morgan fingerprint density at radius 2 is 1.92 bits per heavy atom. The van der Waals surface area contributed by atoms with Gasteiger partial charge in [-0.3, -0.25) is 4.79 Å². The van der Waals surface area contributed by atoms with E-state index < -0.39 is 18.0 Å². The zero-order valence-corrected chi connectivity index (χ0v) is 15.9. The van der Waals surface area contributed by atoms with Gasteiger partial charge in [0.15, 0.2) is 12.7 Å². The summed E-state index contributed by atoms with van der Waals surface area (Å²) < 4.78 is 10.7. The van der Waals surface area contributed by atoms with Gasteiger partial charge >= 0.3 is 5.97 Å². The molecule has 7 heteroatoms. The standard InChI is InChI=1S/C19H20N2O4S/c1-11-7-12(2)17(13(3)8-11)24-10-16(22)25-14(4)18(23)21-19-15(9-20)5-6-26-19/h5-8,14H,10H2,1-4H3,(H,21,23)/t14-/m1/s1. The second kappa shape index (κ2) is 8.50. The molecule has 1 atom stereocenters. The zero-order valence-electron chi connectivity index (χ0n) is 15.1. The summed E-state index contributed by atoms with van der Waals surface area (Å²) in [7, 11) is 0. The van der Waals surface area contributed by atoms with Gasteiger partial charge in [0.2, 0.25) is 0 Å². The molecule has 0 radical (unpaired) electrons. The van der Waals surface area contributed by atoms with Gasteiger partial charge in [-0.2, -0.15) is 5.26 Å². The molecule has 1 amide bonds. The average Bonchev–Trinajstić information content (AvgIpc) is 3.00. The fourth-order valence-electron chi connectivity index (χ4n) is 2.52. The van der Waals surface area contributed by atoms with Crippen molar-refractivity contribution in [2.45, 2.75) is 33.8 Å². The van der Waals surface area contributed by atoms with E-state index in [1.165, 1.54) is 18.3 Å². The Kier molecular flexibility index (Phi) is 6.36. The molecule has 0 bridgehead atoms. The summed E-state index contributed by atoms with van der Waals surface area (Å²) in [6.07, 6.45) is -1.00. The van der Waals surface area contributed by atoms with Crippen molar-refractivity contribution in [3.63, 3.8) is 0 Å². The largest absolute Gasteiger partial charge is 0.481 e. The van der Waals surface area contributed by atoms with Crippen LogP contribution >= 0.6 is 11.3 Å². The second-order valence-corrected chi connectivity index (χ2v) is 6.83. The molecule has 0 saturated heterocycles. The van der Waals surface area contributed by atoms with Crippen LogP contribution in [0.4, 0.5) is 5.00 Å². The van der Waals surface area contributed by atoms with Crippen LogP contribution < -0.4 is 10.1 Å². The minimum Gasteiger partial charge on any atom is -0.481 e. The van der Waals surface area contributed by atoms with E-state index in [0.717, 1.165) is 16.7 Å². The van der Waals surface area contributed by atoms with Gasteiger partial charge in [-0.05, 0) is 50.3 Å². The Morgan fingerprint density at radius 1 is 1.27 bits per heavy atom. The van der Waals surface area contributed by atoms with Crippen LogP contribution in [-0.4, -0.2) is 24.6 Å². The number of hydrogen-bond donors (Lipinski definition) is 1. The zero-order chi connectivity index (χ0) is 19.3. The Bertz CT molecular complexity index is 844. The number of nitrogens with one attached hydrogen (secondary N) is 1. The van der Waals surface area contributed by atoms with Gasteiger partial charge in [0.1, 0.15) is 16.8 Å². The van der Waals surface area contributed by atoms with Crippen molar-refractivity contribution in [2.24, 2.45) is 0 Å². The van der Waals surface area contributed by atoms with Gasteiger partial charge in [0.05, 0.1) is 5.56 Å². The summed E-state index contributed by atoms with van der Waals surface area (Å²) >= 11 is 1.23. The molecule has 0 unspecified atom stereocenters. The molecule has 1 aromatic heterocycles. The Morgan fingerprint density at radius 3 is 2.54 bits per heavy atom. The number of nitrogens with zero attached hydrogens (tertiary/aromatic N) is 1. The topological polar surface area (TPSA) is 88.4 Å². The highest BCUT2D eigenvalue weighted by Gasteiger charge is 2.20. The minimum absolute atomic E-state index is 0.287. The highest BCUT2D eigenvalue weighted by atomic mass is 32.1. The molecule has 1 heterocycles. The number of rotatable bonds is 6. The van der Waals surface area contributed by atoms with E-state index in [0.29, 0.717) is 16.3 Å². The van der Waals surface area contributed by atoms with Crippen molar-refractivity contribution < 1.29 is 19.1 Å². The molecule has 136 valence electrons. The molecule has 6 nitrogen and oxygen atoms in total. The molecule has 2 rings (SSSR count). The Labute approximate surface area is 156 Å². The van der Waals surface area contributed by atoms with Crippen molar-refractivity contribution >= 4 is 28.2 Å². The summed E-state index contributed by atoms with van der Waals surface area (Å²) in [6.45, 7) is 6.98. The second-order valence-electron chi connectivity index (χ2n) is 5.91. The minimum atomic E-state index is -1.00. The molecule has 26 heavy (non-hydrogen) atoms. The first-order valence-electron chi connectivity index (χ1n) is 8.00. The highest BCUT2D eigenvalue weighted by molar-refractivity contribution is 7.14. The lowest BCUT2D eigenvalue weighted by atomic mass is 10.1. The van der Waals surface area contributed by atoms with E-state index in [-0.39, 0.29) is 6.61 Å². The first-order valence-corrected chi connectivity index (χ1v) is 8.88. The maximum absolute atomic E-state index is 12.1. The molecule has 0 aliphatic carbocycles. The molecule has 1 N–H and O–H groups in total. The lowest BCUT2D eigenvalue weighted by Crippen LogP contribution is -2.31. The number of aryl methyl sites for hydroxylation is 3. The summed E-state index contributed by atoms with van der Waals surface area (Å²) in [5, 5.41) is 13.7. The molecule has 0 fully saturated rings. The molecule has 0 aliphatic rings. The summed E-state index contributed by atoms with van der Waals surface area (Å²) in [6, 6.07) is 7.53. The van der Waals surface area contributed by atoms with E-state index in [9.17, 15) is 9.59 Å². The number of esters is 1. The number of hydrogen-bond acceptors (Lipinski definition) is 6. The van der Waals surface area contributed by atoms with Gasteiger partial charge in [0.25, 0.3) is 5.91 Å². The predicted octanol–water partition coefficient (Wildman–Crippen LogP) is 3.49. The third-order valence-corrected chi connectivity index (χ3v) is 4.47. The molecular formula is C19H20N2O4S. The first kappa shape index (κ1) is 19.5. The van der Waals surface area contributed by atoms with E-state index in [2.05, 4.69) is 5.32 Å². The molecular weight excluding hydrogens is 352 g/mol. The summed E-state index contributed by atoms with van der Waals surface area (Å²) in [5.74, 6) is -0.499. The third kappa shape index (κ3) is 4.83. The number of amides is 1. The quantitative estimate of drug-likeness (QED) is 0.784. The SMILES string of the molecule is Cc1cc(C)c(OCC(=O)O[C@H](C)C(=O)Nc2sccc2C#N)c(C)c1. The van der Waals surface area contributed by atoms with Crippen LogP contribution in [0.15, 0.2) is 23.6 Å². The number of ether oxygens (including phenoxy) is 2. The fourth-order valence-corrected chi connectivity index (χ4v) is 3.26. The van der Waals surface area contributed by atoms with Gasteiger partial charge in [-0.25, -0.2) is 4.79 Å². The van der Waals surface area contributed by atoms with E-state index in [1.807, 2.05) is 39.0 Å². The smallest absolute Gasteiger partial charge is 0.344 e. The predicted molar refractivity (Wildman–Crippen MR) is 99.4 cm³/mol. The molecule has 0 saturated carbocycles. The number of carbonyl (C=O) groups excluding carboxylic acids is 2. The van der Waals surface area contributed by atoms with Crippen molar-refractivity contribution in [1.82, 2.24) is 0 Å². The van der Waals surface area contributed by atoms with Crippen molar-refractivity contribution in [2.75, 3.05) is 11.9 Å². The summed E-state index contributed by atoms with van der Waals surface area (Å²) in [5.41, 5.74) is 3.35. The fraction of sp³-hybridized carbons (Fsp3) is 0.316. The normalized spacial score (nSPS) is 11.3. The van der Waals surface area contributed by atoms with Gasteiger partial charge in [0, 0.05) is 0 Å². The molecule has 0 spiro atoms. The molecule has 1 aromatic carbocycles. The van der Waals surface area contributed by atoms with Crippen LogP contribution in [0.1, 0.15) is 29.2 Å². The maximum Gasteiger partial charge on any atom is 0.344 e. The van der Waals surface area contributed by atoms with Crippen LogP contribution in [-0.2, 0) is 14.3 Å². The monoisotopic (exact) mass is 372 g/mol. The average molecular weight is 372 g/mol. The van der Waals surface area contributed by atoms with Crippen LogP contribution in [0, 0.1) is 32.1 Å². The van der Waals surface area contributed by atoms with Crippen LogP contribution in [0.5, 0.6) is 5.75 Å². The van der Waals surface area contributed by atoms with Crippen LogP contribution in [0.2, 0.25) is 0 Å². The van der Waals surface area contributed by atoms with E-state index in [1.54, 1.807) is 11.4 Å². The number of benzene rings is 1. The van der Waals surface area contributed by atoms with Crippen molar-refractivity contribution in [1.29, 1.82) is 5.26 Å². The number of nitriles is 1. The van der Waals surface area contributed by atoms with Crippen LogP contribution in [0.25, 0.3) is 0 Å². The lowest BCUT2D eigenvalue weighted by molar-refractivity contribution is -0.155. The van der Waals surface area contributed by atoms with Gasteiger partial charge in [-0.15, -0.1) is 11.3 Å². The van der Waals surface area contributed by atoms with Gasteiger partial charge < -0.3 is 14.8 Å². The maximum atomic E-state index is 12.1. The highest BCUT2D eigenvalue weighted by Crippen LogP contribution is 2.25. The van der Waals surface area contributed by atoms with E-state index in [4.69, 9.17) is 14.7 Å². The number of anilines is 1. The van der Waals surface area contributed by atoms with Gasteiger partial charge in [-0.1, -0.05) is 17.7 Å². The van der Waals surface area contributed by atoms with Crippen molar-refractivity contribution in [3.05, 3.63) is 45.8 Å². The third-order valence-electron chi connectivity index (χ3n) is 3.64. The van der Waals surface area contributed by atoms with E-state index >= 15 is 0 Å². The number of thiophene rings is 1. The number of carbonyl (C=O) groups is 2. The summed E-state index contributed by atoms with van der Waals surface area (Å²) in [4.78, 5) is 24.1.